The van der Waals surface area contributed by atoms with E-state index in [1.54, 1.807) is 30.6 Å². The monoisotopic (exact) mass is 575 g/mol. The van der Waals surface area contributed by atoms with E-state index in [0.717, 1.165) is 22.4 Å². The highest BCUT2D eigenvalue weighted by atomic mass is 16.5. The van der Waals surface area contributed by atoms with Gasteiger partial charge in [0.05, 0.1) is 18.9 Å². The fourth-order valence-electron chi connectivity index (χ4n) is 4.72. The van der Waals surface area contributed by atoms with E-state index in [2.05, 4.69) is 50.2 Å². The number of hydrogen-bond acceptors (Lipinski definition) is 7. The van der Waals surface area contributed by atoms with Gasteiger partial charge >= 0.3 is 11.8 Å². The Labute approximate surface area is 250 Å². The summed E-state index contributed by atoms with van der Waals surface area (Å²) in [7, 11) is 1.52. The first-order valence-corrected chi connectivity index (χ1v) is 13.8. The zero-order valence-corrected chi connectivity index (χ0v) is 24.3. The Morgan fingerprint density at radius 3 is 2.26 bits per heavy atom. The third-order valence-corrected chi connectivity index (χ3v) is 6.86. The average molecular weight is 576 g/mol. The summed E-state index contributed by atoms with van der Waals surface area (Å²) < 4.78 is 10.7. The zero-order valence-electron chi connectivity index (χ0n) is 24.3. The summed E-state index contributed by atoms with van der Waals surface area (Å²) in [5.41, 5.74) is 5.86. The first kappa shape index (κ1) is 29.1. The Hall–Kier alpha value is -5.44. The molecule has 2 amide bonds. The fraction of sp³-hybridized carbons (Fsp3) is 0.176. The van der Waals surface area contributed by atoms with Crippen molar-refractivity contribution in [3.8, 4) is 28.2 Å². The van der Waals surface area contributed by atoms with Crippen molar-refractivity contribution in [2.75, 3.05) is 17.7 Å². The molecule has 0 unspecified atom stereocenters. The maximum atomic E-state index is 12.7. The van der Waals surface area contributed by atoms with Gasteiger partial charge in [0.1, 0.15) is 5.75 Å². The number of rotatable bonds is 10. The summed E-state index contributed by atoms with van der Waals surface area (Å²) in [6, 6.07) is 25.5. The molecule has 0 atom stereocenters. The van der Waals surface area contributed by atoms with Crippen LogP contribution in [-0.4, -0.2) is 34.4 Å². The van der Waals surface area contributed by atoms with Gasteiger partial charge in [-0.3, -0.25) is 14.6 Å². The molecule has 2 heterocycles. The number of pyridine rings is 1. The summed E-state index contributed by atoms with van der Waals surface area (Å²) in [4.78, 5) is 33.5. The molecule has 0 saturated carbocycles. The first-order valence-electron chi connectivity index (χ1n) is 13.8. The first-order chi connectivity index (χ1) is 20.8. The highest BCUT2D eigenvalue weighted by Gasteiger charge is 2.25. The number of nitrogens with one attached hydrogen (secondary N) is 3. The fourth-order valence-corrected chi connectivity index (χ4v) is 4.72. The highest BCUT2D eigenvalue weighted by Crippen LogP contribution is 2.32. The van der Waals surface area contributed by atoms with Crippen LogP contribution in [-0.2, 0) is 22.6 Å². The van der Waals surface area contributed by atoms with E-state index in [4.69, 9.17) is 9.15 Å². The normalized spacial score (nSPS) is 11.0. The molecule has 5 rings (SSSR count). The Balaban J connectivity index is 1.12. The van der Waals surface area contributed by atoms with Crippen LogP contribution >= 0.6 is 0 Å². The minimum absolute atomic E-state index is 0.422. The highest BCUT2D eigenvalue weighted by molar-refractivity contribution is 6.39. The molecule has 0 bridgehead atoms. The molecule has 9 heteroatoms. The van der Waals surface area contributed by atoms with E-state index in [0.29, 0.717) is 35.7 Å². The second-order valence-electron chi connectivity index (χ2n) is 10.7. The molecule has 9 nitrogen and oxygen atoms in total. The quantitative estimate of drug-likeness (QED) is 0.172. The predicted octanol–water partition coefficient (Wildman–Crippen LogP) is 6.10. The summed E-state index contributed by atoms with van der Waals surface area (Å²) >= 11 is 0. The number of carbonyl (C=O) groups is 2. The van der Waals surface area contributed by atoms with Gasteiger partial charge in [-0.1, -0.05) is 42.5 Å². The number of methoxy groups -OCH3 is 1. The van der Waals surface area contributed by atoms with E-state index in [1.807, 2.05) is 56.4 Å². The van der Waals surface area contributed by atoms with Crippen LogP contribution in [0.4, 0.5) is 11.4 Å². The molecule has 0 aliphatic rings. The zero-order chi connectivity index (χ0) is 30.2. The maximum Gasteiger partial charge on any atom is 0.313 e. The lowest BCUT2D eigenvalue weighted by Crippen LogP contribution is -2.49. The Morgan fingerprint density at radius 2 is 1.58 bits per heavy atom. The second-order valence-corrected chi connectivity index (χ2v) is 10.7. The van der Waals surface area contributed by atoms with Crippen LogP contribution < -0.4 is 20.7 Å². The van der Waals surface area contributed by atoms with Gasteiger partial charge in [0, 0.05) is 41.9 Å². The standard InChI is InChI=1S/C34H33N5O4/c1-34(2,39-33(41)32(40)38-28-14-15-29(30(17-28)42-3)31-21-36-22-43-31)18-23-8-12-27(13-9-23)37-19-24-6-10-25(11-7-24)26-5-4-16-35-20-26/h4-17,20-22,37H,18-19H2,1-3H3,(H,38,40)(H,39,41). The Morgan fingerprint density at radius 1 is 0.837 bits per heavy atom. The molecule has 0 spiro atoms. The van der Waals surface area contributed by atoms with Gasteiger partial charge in [-0.2, -0.15) is 0 Å². The van der Waals surface area contributed by atoms with Crippen molar-refractivity contribution >= 4 is 23.2 Å². The topological polar surface area (TPSA) is 118 Å². The molecule has 0 saturated heterocycles. The van der Waals surface area contributed by atoms with Crippen molar-refractivity contribution in [3.05, 3.63) is 115 Å². The summed E-state index contributed by atoms with van der Waals surface area (Å²) in [5.74, 6) is -0.483. The van der Waals surface area contributed by atoms with Gasteiger partial charge in [-0.05, 0) is 72.9 Å². The van der Waals surface area contributed by atoms with Crippen LogP contribution in [0.5, 0.6) is 5.75 Å². The van der Waals surface area contributed by atoms with E-state index < -0.39 is 17.4 Å². The summed E-state index contributed by atoms with van der Waals surface area (Å²) in [5, 5.41) is 8.92. The molecule has 5 aromatic rings. The lowest BCUT2D eigenvalue weighted by atomic mass is 9.94. The van der Waals surface area contributed by atoms with Gasteiger partial charge in [-0.25, -0.2) is 4.98 Å². The van der Waals surface area contributed by atoms with Crippen LogP contribution in [0.25, 0.3) is 22.5 Å². The van der Waals surface area contributed by atoms with Gasteiger partial charge in [-0.15, -0.1) is 0 Å². The van der Waals surface area contributed by atoms with Crippen LogP contribution in [0.1, 0.15) is 25.0 Å². The van der Waals surface area contributed by atoms with Crippen LogP contribution in [0.3, 0.4) is 0 Å². The number of ether oxygens (including phenoxy) is 1. The molecule has 43 heavy (non-hydrogen) atoms. The molecular weight excluding hydrogens is 542 g/mol. The third kappa shape index (κ3) is 7.65. The van der Waals surface area contributed by atoms with Crippen molar-refractivity contribution in [2.45, 2.75) is 32.4 Å². The van der Waals surface area contributed by atoms with E-state index in [-0.39, 0.29) is 0 Å². The number of nitrogens with zero attached hydrogens (tertiary/aromatic N) is 2. The van der Waals surface area contributed by atoms with Gasteiger partial charge < -0.3 is 25.1 Å². The van der Waals surface area contributed by atoms with E-state index >= 15 is 0 Å². The number of carbonyl (C=O) groups excluding carboxylic acids is 2. The van der Waals surface area contributed by atoms with E-state index in [9.17, 15) is 9.59 Å². The van der Waals surface area contributed by atoms with Crippen molar-refractivity contribution in [3.63, 3.8) is 0 Å². The second kappa shape index (κ2) is 13.0. The molecule has 218 valence electrons. The smallest absolute Gasteiger partial charge is 0.313 e. The maximum absolute atomic E-state index is 12.7. The van der Waals surface area contributed by atoms with Crippen molar-refractivity contribution in [2.24, 2.45) is 0 Å². The minimum Gasteiger partial charge on any atom is -0.496 e. The number of amides is 2. The predicted molar refractivity (Wildman–Crippen MR) is 166 cm³/mol. The number of aromatic nitrogens is 2. The Kier molecular flexibility index (Phi) is 8.81. The molecule has 0 aliphatic heterocycles. The molecule has 2 aromatic heterocycles. The van der Waals surface area contributed by atoms with Crippen molar-refractivity contribution in [1.82, 2.24) is 15.3 Å². The van der Waals surface area contributed by atoms with Crippen molar-refractivity contribution in [1.29, 1.82) is 0 Å². The molecule has 0 radical (unpaired) electrons. The number of oxazole rings is 1. The molecule has 0 fully saturated rings. The summed E-state index contributed by atoms with van der Waals surface area (Å²) in [6.07, 6.45) is 7.07. The number of anilines is 2. The molecule has 3 N–H and O–H groups in total. The lowest BCUT2D eigenvalue weighted by molar-refractivity contribution is -0.137. The molecular formula is C34H33N5O4. The average Bonchev–Trinajstić information content (AvgIpc) is 3.56. The van der Waals surface area contributed by atoms with Crippen molar-refractivity contribution < 1.29 is 18.7 Å². The molecule has 0 aliphatic carbocycles. The van der Waals surface area contributed by atoms with Gasteiger partial charge in [0.15, 0.2) is 12.2 Å². The van der Waals surface area contributed by atoms with Crippen LogP contribution in [0.2, 0.25) is 0 Å². The largest absolute Gasteiger partial charge is 0.496 e. The molecule has 3 aromatic carbocycles. The minimum atomic E-state index is -0.768. The van der Waals surface area contributed by atoms with Crippen LogP contribution in [0, 0.1) is 0 Å². The third-order valence-electron chi connectivity index (χ3n) is 6.86. The van der Waals surface area contributed by atoms with Gasteiger partial charge in [0.2, 0.25) is 0 Å². The van der Waals surface area contributed by atoms with Crippen LogP contribution in [0.15, 0.2) is 108 Å². The summed E-state index contributed by atoms with van der Waals surface area (Å²) in [6.45, 7) is 4.46. The SMILES string of the molecule is COc1cc(NC(=O)C(=O)NC(C)(C)Cc2ccc(NCc3ccc(-c4cccnc4)cc3)cc2)ccc1-c1cnco1. The lowest BCUT2D eigenvalue weighted by Gasteiger charge is -2.26. The number of benzene rings is 3. The van der Waals surface area contributed by atoms with Gasteiger partial charge in [0.25, 0.3) is 0 Å². The number of hydrogen-bond donors (Lipinski definition) is 3. The Bertz CT molecular complexity index is 1670. The van der Waals surface area contributed by atoms with E-state index in [1.165, 1.54) is 19.1 Å².